The third-order valence-electron chi connectivity index (χ3n) is 0. The van der Waals surface area contributed by atoms with Crippen LogP contribution in [-0.2, 0) is 39.9 Å². The van der Waals surface area contributed by atoms with Crippen molar-refractivity contribution in [2.45, 2.75) is 13.8 Å². The Morgan fingerprint density at radius 3 is 0.750 bits per heavy atom. The topological polar surface area (TPSA) is 0 Å². The van der Waals surface area contributed by atoms with Crippen LogP contribution in [0.25, 0.3) is 0 Å². The third kappa shape index (κ3) is 2150. The van der Waals surface area contributed by atoms with Gasteiger partial charge in [0.1, 0.15) is 0 Å². The predicted molar refractivity (Wildman–Crippen MR) is 30.6 cm³/mol. The zero-order valence-electron chi connectivity index (χ0n) is 6.42. The molecule has 0 aliphatic heterocycles. The molecule has 56 valence electrons. The third-order valence-corrected chi connectivity index (χ3v) is 0. The Hall–Kier alpha value is 0.286. The van der Waals surface area contributed by atoms with E-state index < -0.39 is 0 Å². The summed E-state index contributed by atoms with van der Waals surface area (Å²) < 4.78 is 0. The molecule has 0 unspecified atom stereocenters. The first-order valence-electron chi connectivity index (χ1n) is 1.00. The fourth-order valence-electron chi connectivity index (χ4n) is 0. The molecule has 2 radical (unpaired) electrons. The first-order chi connectivity index (χ1) is 1.00. The Labute approximate surface area is 75.9 Å². The van der Waals surface area contributed by atoms with Gasteiger partial charge in [-0.15, -0.1) is 0 Å². The van der Waals surface area contributed by atoms with Crippen LogP contribution in [0, 0.1) is 22.3 Å². The van der Waals surface area contributed by atoms with E-state index in [2.05, 4.69) is 0 Å². The summed E-state index contributed by atoms with van der Waals surface area (Å²) >= 11 is 0. The molecule has 0 saturated carbocycles. The Balaban J connectivity index is -0.000000000333. The molecule has 0 aromatic heterocycles. The fourth-order valence-corrected chi connectivity index (χ4v) is 0. The second-order valence-electron chi connectivity index (χ2n) is 0. The van der Waals surface area contributed by atoms with Crippen molar-refractivity contribution in [1.82, 2.24) is 0 Å². The van der Waals surface area contributed by atoms with Gasteiger partial charge in [0.2, 0.25) is 0 Å². The van der Waals surface area contributed by atoms with Gasteiger partial charge in [0.15, 0.2) is 0 Å². The molecule has 3 heteroatoms. The van der Waals surface area contributed by atoms with Crippen LogP contribution in [0.5, 0.6) is 0 Å². The van der Waals surface area contributed by atoms with Crippen LogP contribution in [0.4, 0.5) is 0 Å². The van der Waals surface area contributed by atoms with Gasteiger partial charge >= 0.3 is 0 Å². The van der Waals surface area contributed by atoms with Gasteiger partial charge in [0.25, 0.3) is 0 Å². The molecule has 0 aromatic rings. The molecule has 0 spiro atoms. The minimum Gasteiger partial charge on any atom is -0.358 e. The Bertz CT molecular complexity index is 12.4. The molecular formula is C5H15ReRfRh-3. The van der Waals surface area contributed by atoms with Gasteiger partial charge in [0, 0.05) is 39.9 Å². The van der Waals surface area contributed by atoms with Gasteiger partial charge in [-0.05, 0) is 0 Å². The summed E-state index contributed by atoms with van der Waals surface area (Å²) in [6.07, 6.45) is 0. The fraction of sp³-hybridized carbons (Fsp3) is 0.400. The molecule has 0 aromatic carbocycles. The largest absolute Gasteiger partial charge is 0.358 e. The van der Waals surface area contributed by atoms with Gasteiger partial charge in [-0.3, -0.25) is 0 Å². The Morgan fingerprint density at radius 2 is 0.750 bits per heavy atom. The van der Waals surface area contributed by atoms with E-state index >= 15 is 0 Å². The van der Waals surface area contributed by atoms with E-state index in [1.807, 2.05) is 13.8 Å². The van der Waals surface area contributed by atoms with Gasteiger partial charge in [-0.25, -0.2) is 0 Å². The van der Waals surface area contributed by atoms with Crippen LogP contribution >= 0.6 is 0 Å². The summed E-state index contributed by atoms with van der Waals surface area (Å²) in [5, 5.41) is 0. The summed E-state index contributed by atoms with van der Waals surface area (Å²) in [6, 6.07) is 0. The van der Waals surface area contributed by atoms with Crippen molar-refractivity contribution in [1.29, 1.82) is 0 Å². The minimum absolute atomic E-state index is 0. The molecule has 0 heterocycles. The average Bonchev–Trinajstić information content (AvgIpc) is 1.00. The molecule has 0 amide bonds. The van der Waals surface area contributed by atoms with Gasteiger partial charge in [-0.1, -0.05) is 13.8 Å². The van der Waals surface area contributed by atoms with Crippen molar-refractivity contribution < 1.29 is 39.9 Å². The molecule has 0 N–H and O–H groups in total. The van der Waals surface area contributed by atoms with Crippen molar-refractivity contribution in [3.8, 4) is 0 Å². The summed E-state index contributed by atoms with van der Waals surface area (Å²) in [7, 11) is 0. The second kappa shape index (κ2) is 3530. The van der Waals surface area contributed by atoms with Crippen molar-refractivity contribution in [3.63, 3.8) is 0 Å². The van der Waals surface area contributed by atoms with Crippen LogP contribution in [-0.4, -0.2) is 0 Å². The van der Waals surface area contributed by atoms with Crippen LogP contribution < -0.4 is 0 Å². The van der Waals surface area contributed by atoms with E-state index in [0.29, 0.717) is 0 Å². The summed E-state index contributed by atoms with van der Waals surface area (Å²) in [5.74, 6) is 0. The van der Waals surface area contributed by atoms with Crippen molar-refractivity contribution >= 4 is 0 Å². The Kier molecular flexibility index (Phi) is 117000. The number of hydrogen-bond acceptors (Lipinski definition) is 0. The average molecular weight is 631 g/mol. The maximum atomic E-state index is 2.00. The van der Waals surface area contributed by atoms with Crippen LogP contribution in [0.1, 0.15) is 13.8 Å². The van der Waals surface area contributed by atoms with Crippen molar-refractivity contribution in [3.05, 3.63) is 22.3 Å². The molecule has 0 aliphatic carbocycles. The van der Waals surface area contributed by atoms with Crippen LogP contribution in [0.15, 0.2) is 0 Å². The van der Waals surface area contributed by atoms with Gasteiger partial charge < -0.3 is 22.3 Å². The van der Waals surface area contributed by atoms with Crippen molar-refractivity contribution in [2.24, 2.45) is 0 Å². The first-order valence-corrected chi connectivity index (χ1v) is 1.00. The van der Waals surface area contributed by atoms with E-state index in [0.717, 1.165) is 0 Å². The molecule has 0 nitrogen and oxygen atoms in total. The van der Waals surface area contributed by atoms with E-state index in [9.17, 15) is 0 Å². The molecule has 0 rings (SSSR count). The standard InChI is InChI=1S/C2H6.3CH3.Re.Rf.Rh/c1-2;;;;;;/h1-2H3;3*1H3;;;/q;3*-1;;;. The number of hydrogen-bond donors (Lipinski definition) is 0. The van der Waals surface area contributed by atoms with Crippen LogP contribution in [0.3, 0.4) is 0 Å². The van der Waals surface area contributed by atoms with Gasteiger partial charge in [0.05, 0.1) is 0 Å². The van der Waals surface area contributed by atoms with E-state index in [-0.39, 0.29) is 62.2 Å². The van der Waals surface area contributed by atoms with Crippen molar-refractivity contribution in [2.75, 3.05) is 0 Å². The molecule has 8 heavy (non-hydrogen) atoms. The smallest absolute Gasteiger partial charge is 0 e. The molecule has 0 saturated heterocycles. The van der Waals surface area contributed by atoms with E-state index in [1.165, 1.54) is 0 Å². The van der Waals surface area contributed by atoms with Crippen LogP contribution in [0.2, 0.25) is 0 Å². The summed E-state index contributed by atoms with van der Waals surface area (Å²) in [4.78, 5) is 0. The maximum absolute atomic E-state index is 2.00. The molecule has 0 atom stereocenters. The SMILES string of the molecule is CC.[CH3-].[CH3-].[CH3-].[Re].[Rf].[Rh]. The normalized spacial score (nSPS) is 0.750. The molecule has 0 bridgehead atoms. The molecule has 0 fully saturated rings. The monoisotopic (exact) mass is 632 g/mol. The first kappa shape index (κ1) is 266. The maximum Gasteiger partial charge on any atom is 0 e. The predicted octanol–water partition coefficient (Wildman–Crippen LogP) is 2.37. The second-order valence-corrected chi connectivity index (χ2v) is 0. The number of rotatable bonds is 0. The van der Waals surface area contributed by atoms with Gasteiger partial charge in [-0.2, -0.15) is 0 Å². The molecule has 0 aliphatic rings. The van der Waals surface area contributed by atoms with E-state index in [1.54, 1.807) is 0 Å². The Morgan fingerprint density at radius 1 is 0.750 bits per heavy atom. The quantitative estimate of drug-likeness (QED) is 0.285. The van der Waals surface area contributed by atoms with E-state index in [4.69, 9.17) is 0 Å². The summed E-state index contributed by atoms with van der Waals surface area (Å²) in [6.45, 7) is 4.00. The molecular weight excluding hydrogens is 616 g/mol. The minimum atomic E-state index is 0. The zero-order valence-corrected chi connectivity index (χ0v) is 17.2. The zero-order chi connectivity index (χ0) is 2.00. The summed E-state index contributed by atoms with van der Waals surface area (Å²) in [5.41, 5.74) is 0.